The van der Waals surface area contributed by atoms with E-state index in [-0.39, 0.29) is 5.78 Å². The Hall–Kier alpha value is -0.630. The van der Waals surface area contributed by atoms with Gasteiger partial charge in [0.25, 0.3) is 0 Å². The maximum Gasteiger partial charge on any atom is 0.161 e. The quantitative estimate of drug-likeness (QED) is 0.612. The Morgan fingerprint density at radius 3 is 1.81 bits per heavy atom. The monoisotopic (exact) mass is 294 g/mol. The number of hydrogen-bond donors (Lipinski definition) is 1. The number of hydrogen-bond acceptors (Lipinski definition) is 2. The molecule has 0 aromatic heterocycles. The molecule has 0 saturated carbocycles. The molecule has 122 valence electrons. The Bertz CT molecular complexity index is 283. The summed E-state index contributed by atoms with van der Waals surface area (Å²) in [6, 6.07) is 0. The Kier molecular flexibility index (Phi) is 11.5. The van der Waals surface area contributed by atoms with Crippen molar-refractivity contribution in [1.82, 2.24) is 0 Å². The Morgan fingerprint density at radius 1 is 0.714 bits per heavy atom. The highest BCUT2D eigenvalue weighted by Gasteiger charge is 2.13. The molecule has 1 atom stereocenters. The van der Waals surface area contributed by atoms with Gasteiger partial charge < -0.3 is 5.11 Å². The normalized spacial score (nSPS) is 25.8. The molecule has 2 nitrogen and oxygen atoms in total. The molecule has 0 heterocycles. The predicted molar refractivity (Wildman–Crippen MR) is 89.4 cm³/mol. The van der Waals surface area contributed by atoms with Crippen LogP contribution in [0.4, 0.5) is 0 Å². The van der Waals surface area contributed by atoms with Crippen molar-refractivity contribution in [2.75, 3.05) is 0 Å². The van der Waals surface area contributed by atoms with Gasteiger partial charge in [0.15, 0.2) is 5.78 Å². The fourth-order valence-electron chi connectivity index (χ4n) is 2.96. The highest BCUT2D eigenvalue weighted by atomic mass is 16.3. The second-order valence-electron chi connectivity index (χ2n) is 6.46. The Labute approximate surface area is 131 Å². The van der Waals surface area contributed by atoms with Gasteiger partial charge in [0.2, 0.25) is 0 Å². The fraction of sp³-hybridized carbons (Fsp3) is 0.842. The van der Waals surface area contributed by atoms with E-state index in [2.05, 4.69) is 12.2 Å². The summed E-state index contributed by atoms with van der Waals surface area (Å²) < 4.78 is 0. The van der Waals surface area contributed by atoms with Crippen molar-refractivity contribution in [2.24, 2.45) is 0 Å². The molecule has 0 spiro atoms. The van der Waals surface area contributed by atoms with Crippen LogP contribution in [0.25, 0.3) is 0 Å². The summed E-state index contributed by atoms with van der Waals surface area (Å²) in [5.74, 6) is 0.0656. The zero-order valence-corrected chi connectivity index (χ0v) is 13.7. The molecule has 0 radical (unpaired) electrons. The number of carbonyl (C=O) groups excluding carboxylic acids is 1. The molecule has 1 rings (SSSR count). The van der Waals surface area contributed by atoms with Crippen LogP contribution in [0.2, 0.25) is 0 Å². The first-order valence-corrected chi connectivity index (χ1v) is 9.16. The number of Topliss-reactive ketones (excluding diaryl/α,β-unsaturated/α-hetero) is 1. The summed E-state index contributed by atoms with van der Waals surface area (Å²) in [6.07, 6.45) is 20.8. The fourth-order valence-corrected chi connectivity index (χ4v) is 2.96. The first-order chi connectivity index (χ1) is 10.3. The summed E-state index contributed by atoms with van der Waals surface area (Å²) in [5, 5.41) is 9.85. The molecule has 2 heteroatoms. The third kappa shape index (κ3) is 10.7. The molecule has 1 N–H and O–H groups in total. The SMILES string of the molecule is O=C1CCCCCCCC=CCCCCCCCCC1O. The molecule has 1 unspecified atom stereocenters. The van der Waals surface area contributed by atoms with Crippen molar-refractivity contribution >= 4 is 5.78 Å². The molecule has 1 aliphatic rings. The average Bonchev–Trinajstić information content (AvgIpc) is 2.49. The van der Waals surface area contributed by atoms with Crippen LogP contribution < -0.4 is 0 Å². The van der Waals surface area contributed by atoms with Crippen LogP contribution in [0.5, 0.6) is 0 Å². The number of carbonyl (C=O) groups is 1. The first-order valence-electron chi connectivity index (χ1n) is 9.16. The van der Waals surface area contributed by atoms with E-state index in [1.54, 1.807) is 0 Å². The summed E-state index contributed by atoms with van der Waals surface area (Å²) in [5.41, 5.74) is 0. The minimum atomic E-state index is -0.698. The van der Waals surface area contributed by atoms with Gasteiger partial charge in [-0.15, -0.1) is 0 Å². The van der Waals surface area contributed by atoms with E-state index in [1.165, 1.54) is 57.8 Å². The first kappa shape index (κ1) is 18.4. The van der Waals surface area contributed by atoms with Crippen LogP contribution in [0.15, 0.2) is 12.2 Å². The van der Waals surface area contributed by atoms with Crippen molar-refractivity contribution in [3.05, 3.63) is 12.2 Å². The number of rotatable bonds is 0. The topological polar surface area (TPSA) is 37.3 Å². The van der Waals surface area contributed by atoms with Crippen LogP contribution in [-0.2, 0) is 4.79 Å². The van der Waals surface area contributed by atoms with Gasteiger partial charge in [-0.25, -0.2) is 0 Å². The van der Waals surface area contributed by atoms with Gasteiger partial charge >= 0.3 is 0 Å². The Balaban J connectivity index is 2.24. The summed E-state index contributed by atoms with van der Waals surface area (Å²) in [6.45, 7) is 0. The van der Waals surface area contributed by atoms with E-state index in [9.17, 15) is 9.90 Å². The maximum atomic E-state index is 11.8. The minimum Gasteiger partial charge on any atom is -0.385 e. The highest BCUT2D eigenvalue weighted by molar-refractivity contribution is 5.82. The van der Waals surface area contributed by atoms with Crippen molar-refractivity contribution < 1.29 is 9.90 Å². The molecule has 1 aliphatic carbocycles. The maximum absolute atomic E-state index is 11.8. The van der Waals surface area contributed by atoms with Gasteiger partial charge in [-0.2, -0.15) is 0 Å². The Morgan fingerprint density at radius 2 is 1.19 bits per heavy atom. The van der Waals surface area contributed by atoms with Crippen LogP contribution in [0, 0.1) is 0 Å². The lowest BCUT2D eigenvalue weighted by Gasteiger charge is -2.09. The number of aliphatic hydroxyl groups excluding tert-OH is 1. The lowest BCUT2D eigenvalue weighted by Crippen LogP contribution is -2.19. The van der Waals surface area contributed by atoms with Gasteiger partial charge in [0, 0.05) is 6.42 Å². The second-order valence-corrected chi connectivity index (χ2v) is 6.46. The number of ketones is 1. The molecule has 0 aromatic carbocycles. The molecule has 0 aromatic rings. The predicted octanol–water partition coefficient (Wildman–Crippen LogP) is 5.34. The molecule has 0 amide bonds. The van der Waals surface area contributed by atoms with E-state index in [1.807, 2.05) is 0 Å². The average molecular weight is 294 g/mol. The van der Waals surface area contributed by atoms with Crippen LogP contribution in [0.3, 0.4) is 0 Å². The smallest absolute Gasteiger partial charge is 0.161 e. The molecule has 0 fully saturated rings. The largest absolute Gasteiger partial charge is 0.385 e. The van der Waals surface area contributed by atoms with Crippen LogP contribution in [0.1, 0.15) is 96.3 Å². The molecule has 0 aliphatic heterocycles. The number of aliphatic hydroxyl groups is 1. The summed E-state index contributed by atoms with van der Waals surface area (Å²) in [4.78, 5) is 11.8. The van der Waals surface area contributed by atoms with E-state index in [0.717, 1.165) is 25.7 Å². The van der Waals surface area contributed by atoms with Gasteiger partial charge in [-0.05, 0) is 38.5 Å². The third-order valence-corrected chi connectivity index (χ3v) is 4.43. The molecule has 0 saturated heterocycles. The minimum absolute atomic E-state index is 0.0656. The van der Waals surface area contributed by atoms with E-state index in [0.29, 0.717) is 12.8 Å². The lowest BCUT2D eigenvalue weighted by atomic mass is 10.0. The van der Waals surface area contributed by atoms with Gasteiger partial charge in [0.05, 0.1) is 0 Å². The van der Waals surface area contributed by atoms with Gasteiger partial charge in [-0.1, -0.05) is 63.5 Å². The lowest BCUT2D eigenvalue weighted by molar-refractivity contribution is -0.127. The molecule has 21 heavy (non-hydrogen) atoms. The summed E-state index contributed by atoms with van der Waals surface area (Å²) in [7, 11) is 0. The van der Waals surface area contributed by atoms with Crippen molar-refractivity contribution in [2.45, 2.75) is 102 Å². The number of allylic oxidation sites excluding steroid dienone is 2. The highest BCUT2D eigenvalue weighted by Crippen LogP contribution is 2.14. The molecular weight excluding hydrogens is 260 g/mol. The van der Waals surface area contributed by atoms with E-state index in [4.69, 9.17) is 0 Å². The van der Waals surface area contributed by atoms with E-state index < -0.39 is 6.10 Å². The standard InChI is InChI=1S/C19H34O2/c20-18-16-14-12-10-8-6-4-2-1-3-5-7-9-11-13-15-17-19(18)21/h1-2,19,21H,3-17H2. The zero-order valence-electron chi connectivity index (χ0n) is 13.7. The third-order valence-electron chi connectivity index (χ3n) is 4.43. The second kappa shape index (κ2) is 13.1. The zero-order chi connectivity index (χ0) is 15.2. The van der Waals surface area contributed by atoms with Crippen molar-refractivity contribution in [1.29, 1.82) is 0 Å². The van der Waals surface area contributed by atoms with Gasteiger partial charge in [-0.3, -0.25) is 4.79 Å². The van der Waals surface area contributed by atoms with Gasteiger partial charge in [0.1, 0.15) is 6.10 Å². The molecular formula is C19H34O2. The van der Waals surface area contributed by atoms with E-state index >= 15 is 0 Å². The van der Waals surface area contributed by atoms with Crippen LogP contribution in [-0.4, -0.2) is 17.0 Å². The van der Waals surface area contributed by atoms with Crippen LogP contribution >= 0.6 is 0 Å². The van der Waals surface area contributed by atoms with Crippen molar-refractivity contribution in [3.8, 4) is 0 Å². The molecule has 0 bridgehead atoms. The van der Waals surface area contributed by atoms with Crippen molar-refractivity contribution in [3.63, 3.8) is 0 Å². The summed E-state index contributed by atoms with van der Waals surface area (Å²) >= 11 is 0.